The first kappa shape index (κ1) is 16.5. The van der Waals surface area contributed by atoms with Gasteiger partial charge in [0.2, 0.25) is 0 Å². The van der Waals surface area contributed by atoms with Crippen molar-refractivity contribution in [1.82, 2.24) is 0 Å². The van der Waals surface area contributed by atoms with Crippen molar-refractivity contribution >= 4 is 23.6 Å². The van der Waals surface area contributed by atoms with Crippen molar-refractivity contribution in [2.45, 2.75) is 0 Å². The molecule has 0 bridgehead atoms. The minimum absolute atomic E-state index is 0.115. The molecule has 2 N–H and O–H groups in total. The van der Waals surface area contributed by atoms with E-state index in [-0.39, 0.29) is 22.4 Å². The van der Waals surface area contributed by atoms with Gasteiger partial charge in [0.1, 0.15) is 5.75 Å². The van der Waals surface area contributed by atoms with Crippen LogP contribution < -0.4 is 4.74 Å². The Labute approximate surface area is 134 Å². The fourth-order valence-electron chi connectivity index (χ4n) is 1.79. The van der Waals surface area contributed by atoms with E-state index in [2.05, 4.69) is 10.0 Å². The number of carbonyl (C=O) groups is 3. The van der Waals surface area contributed by atoms with E-state index in [0.29, 0.717) is 5.69 Å². The molecule has 120 valence electrons. The van der Waals surface area contributed by atoms with Gasteiger partial charge in [-0.05, 0) is 35.9 Å². The molecule has 0 unspecified atom stereocenters. The number of rotatable bonds is 5. The molecule has 0 spiro atoms. The number of hydrogen-bond acceptors (Lipinski definition) is 5. The number of benzene rings is 2. The Morgan fingerprint density at radius 1 is 0.917 bits per heavy atom. The monoisotopic (exact) mass is 327 g/mol. The highest BCUT2D eigenvalue weighted by atomic mass is 16.5. The summed E-state index contributed by atoms with van der Waals surface area (Å²) in [6.07, 6.45) is 0. The molecule has 0 aliphatic heterocycles. The largest absolute Gasteiger partial charge is 0.478 e. The Bertz CT molecular complexity index is 837. The van der Waals surface area contributed by atoms with E-state index in [1.807, 2.05) is 0 Å². The van der Waals surface area contributed by atoms with Crippen LogP contribution in [0, 0.1) is 0 Å². The van der Waals surface area contributed by atoms with E-state index in [1.54, 1.807) is 0 Å². The quantitative estimate of drug-likeness (QED) is 0.283. The lowest BCUT2D eigenvalue weighted by molar-refractivity contribution is 0.0681. The molecule has 0 heterocycles. The third kappa shape index (κ3) is 3.87. The third-order valence-electron chi connectivity index (χ3n) is 2.87. The average molecular weight is 327 g/mol. The minimum atomic E-state index is -1.35. The van der Waals surface area contributed by atoms with Gasteiger partial charge in [0.25, 0.3) is 0 Å². The zero-order chi connectivity index (χ0) is 17.7. The number of nitrogens with zero attached hydrogens (tertiary/aromatic N) is 3. The topological polar surface area (TPSA) is 150 Å². The first-order valence-corrected chi connectivity index (χ1v) is 6.39. The standard InChI is InChI=1S/C15H9N3O6/c16-18-17-11-3-1-8(2-4-11)15(23)24-12-6-9(13(19)20)5-10(7-12)14(21)22/h1-7H,(H,19,20)(H,21,22). The molecule has 0 atom stereocenters. The van der Waals surface area contributed by atoms with Gasteiger partial charge >= 0.3 is 17.9 Å². The SMILES string of the molecule is [N-]=[N+]=Nc1ccc(C(=O)Oc2cc(C(=O)O)cc(C(=O)O)c2)cc1. The second-order valence-electron chi connectivity index (χ2n) is 4.48. The highest BCUT2D eigenvalue weighted by Crippen LogP contribution is 2.20. The summed E-state index contributed by atoms with van der Waals surface area (Å²) in [5, 5.41) is 21.3. The molecule has 0 saturated carbocycles. The number of carboxylic acid groups (broad SMARTS) is 2. The van der Waals surface area contributed by atoms with Gasteiger partial charge in [-0.15, -0.1) is 0 Å². The van der Waals surface area contributed by atoms with Crippen molar-refractivity contribution in [2.24, 2.45) is 5.11 Å². The molecule has 24 heavy (non-hydrogen) atoms. The number of ether oxygens (including phenoxy) is 1. The summed E-state index contributed by atoms with van der Waals surface area (Å²) >= 11 is 0. The Morgan fingerprint density at radius 2 is 1.46 bits per heavy atom. The first-order chi connectivity index (χ1) is 11.4. The van der Waals surface area contributed by atoms with Crippen LogP contribution in [-0.4, -0.2) is 28.1 Å². The van der Waals surface area contributed by atoms with Crippen LogP contribution in [-0.2, 0) is 0 Å². The Morgan fingerprint density at radius 3 is 1.92 bits per heavy atom. The smallest absolute Gasteiger partial charge is 0.343 e. The fraction of sp³-hybridized carbons (Fsp3) is 0. The first-order valence-electron chi connectivity index (χ1n) is 6.39. The normalized spacial score (nSPS) is 9.67. The van der Waals surface area contributed by atoms with Gasteiger partial charge in [0.15, 0.2) is 0 Å². The van der Waals surface area contributed by atoms with Gasteiger partial charge in [0.05, 0.1) is 16.7 Å². The zero-order valence-corrected chi connectivity index (χ0v) is 11.9. The van der Waals surface area contributed by atoms with Crippen molar-refractivity contribution in [3.8, 4) is 5.75 Å². The van der Waals surface area contributed by atoms with Gasteiger partial charge in [-0.2, -0.15) is 0 Å². The van der Waals surface area contributed by atoms with E-state index in [0.717, 1.165) is 18.2 Å². The van der Waals surface area contributed by atoms with E-state index >= 15 is 0 Å². The third-order valence-corrected chi connectivity index (χ3v) is 2.87. The van der Waals surface area contributed by atoms with Crippen LogP contribution in [0.3, 0.4) is 0 Å². The maximum absolute atomic E-state index is 12.0. The van der Waals surface area contributed by atoms with E-state index in [4.69, 9.17) is 20.5 Å². The predicted octanol–water partition coefficient (Wildman–Crippen LogP) is 3.24. The molecule has 2 aromatic rings. The molecule has 2 rings (SSSR count). The Hall–Kier alpha value is -3.84. The van der Waals surface area contributed by atoms with E-state index < -0.39 is 17.9 Å². The average Bonchev–Trinajstić information content (AvgIpc) is 2.55. The van der Waals surface area contributed by atoms with Crippen molar-refractivity contribution in [1.29, 1.82) is 0 Å². The Balaban J connectivity index is 2.29. The maximum Gasteiger partial charge on any atom is 0.343 e. The highest BCUT2D eigenvalue weighted by molar-refractivity contribution is 5.96. The number of azide groups is 1. The molecule has 0 fully saturated rings. The molecule has 0 radical (unpaired) electrons. The van der Waals surface area contributed by atoms with Gasteiger partial charge in [-0.3, -0.25) is 0 Å². The minimum Gasteiger partial charge on any atom is -0.478 e. The number of hydrogen-bond donors (Lipinski definition) is 2. The number of esters is 1. The summed E-state index contributed by atoms with van der Waals surface area (Å²) in [5.74, 6) is -3.74. The molecule has 0 aromatic heterocycles. The molecule has 0 amide bonds. The summed E-state index contributed by atoms with van der Waals surface area (Å²) in [4.78, 5) is 36.6. The number of carbonyl (C=O) groups excluding carboxylic acids is 1. The molecule has 0 aliphatic rings. The van der Waals surface area contributed by atoms with Crippen LogP contribution in [0.25, 0.3) is 10.4 Å². The fourth-order valence-corrected chi connectivity index (χ4v) is 1.79. The molecule has 2 aromatic carbocycles. The van der Waals surface area contributed by atoms with E-state index in [9.17, 15) is 14.4 Å². The molecule has 0 aliphatic carbocycles. The summed E-state index contributed by atoms with van der Waals surface area (Å²) in [5.41, 5.74) is 8.08. The van der Waals surface area contributed by atoms with Crippen molar-refractivity contribution in [3.05, 3.63) is 69.6 Å². The lowest BCUT2D eigenvalue weighted by atomic mass is 10.1. The highest BCUT2D eigenvalue weighted by Gasteiger charge is 2.15. The molecule has 0 saturated heterocycles. The molecule has 9 nitrogen and oxygen atoms in total. The second kappa shape index (κ2) is 6.95. The summed E-state index contributed by atoms with van der Waals surface area (Å²) in [7, 11) is 0. The summed E-state index contributed by atoms with van der Waals surface area (Å²) in [6, 6.07) is 8.54. The van der Waals surface area contributed by atoms with Crippen LogP contribution in [0.2, 0.25) is 0 Å². The molecule has 9 heteroatoms. The van der Waals surface area contributed by atoms with Gasteiger partial charge in [-0.1, -0.05) is 17.2 Å². The molecular formula is C15H9N3O6. The van der Waals surface area contributed by atoms with Crippen LogP contribution in [0.1, 0.15) is 31.1 Å². The van der Waals surface area contributed by atoms with Crippen LogP contribution in [0.5, 0.6) is 5.75 Å². The van der Waals surface area contributed by atoms with Crippen molar-refractivity contribution in [2.75, 3.05) is 0 Å². The summed E-state index contributed by atoms with van der Waals surface area (Å²) in [6.45, 7) is 0. The predicted molar refractivity (Wildman–Crippen MR) is 80.6 cm³/mol. The van der Waals surface area contributed by atoms with Crippen molar-refractivity contribution in [3.63, 3.8) is 0 Å². The second-order valence-corrected chi connectivity index (χ2v) is 4.48. The van der Waals surface area contributed by atoms with Gasteiger partial charge in [0, 0.05) is 10.6 Å². The zero-order valence-electron chi connectivity index (χ0n) is 11.9. The summed E-state index contributed by atoms with van der Waals surface area (Å²) < 4.78 is 5.01. The lowest BCUT2D eigenvalue weighted by Crippen LogP contribution is -2.10. The van der Waals surface area contributed by atoms with E-state index in [1.165, 1.54) is 24.3 Å². The van der Waals surface area contributed by atoms with Crippen LogP contribution in [0.4, 0.5) is 5.69 Å². The number of aromatic carboxylic acids is 2. The molecular weight excluding hydrogens is 318 g/mol. The Kier molecular flexibility index (Phi) is 4.78. The van der Waals surface area contributed by atoms with Gasteiger partial charge in [-0.25, -0.2) is 14.4 Å². The van der Waals surface area contributed by atoms with Crippen molar-refractivity contribution < 1.29 is 29.3 Å². The van der Waals surface area contributed by atoms with Gasteiger partial charge < -0.3 is 14.9 Å². The van der Waals surface area contributed by atoms with Crippen LogP contribution >= 0.6 is 0 Å². The lowest BCUT2D eigenvalue weighted by Gasteiger charge is -2.07. The maximum atomic E-state index is 12.0. The number of carboxylic acids is 2. The van der Waals surface area contributed by atoms with Crippen LogP contribution in [0.15, 0.2) is 47.6 Å².